The van der Waals surface area contributed by atoms with Crippen LogP contribution in [0, 0.1) is 0 Å². The Morgan fingerprint density at radius 3 is 1.53 bits per heavy atom. The molecule has 25 heterocycles. The zero-order valence-corrected chi connectivity index (χ0v) is 57.7. The first-order valence-electron chi connectivity index (χ1n) is 43.6. The number of hydrogen-bond donors (Lipinski definition) is 0. The minimum atomic E-state index is -2.52. The maximum atomic E-state index is 8.29. The molecule has 1 aromatic carbocycles. The molecule has 0 saturated heterocycles. The van der Waals surface area contributed by atoms with Gasteiger partial charge in [0, 0.05) is 89.7 Å². The van der Waals surface area contributed by atoms with Gasteiger partial charge in [0.2, 0.25) is 32.5 Å². The summed E-state index contributed by atoms with van der Waals surface area (Å²) in [7, 11) is 1.96. The molecule has 5 aliphatic heterocycles. The number of aromatic nitrogens is 23. The summed E-state index contributed by atoms with van der Waals surface area (Å²) in [6.45, 7) is -11.6. The average molecular weight is 1450 g/mol. The van der Waals surface area contributed by atoms with E-state index in [1.165, 1.54) is 33.6 Å². The summed E-state index contributed by atoms with van der Waals surface area (Å²) in [5.41, 5.74) is 19.7. The molecule has 0 atom stereocenters. The van der Waals surface area contributed by atoms with Gasteiger partial charge >= 0.3 is 28.7 Å². The Morgan fingerprint density at radius 1 is 0.389 bits per heavy atom. The Kier molecular flexibility index (Phi) is 9.86. The van der Waals surface area contributed by atoms with Crippen LogP contribution < -0.4 is 27.4 Å². The van der Waals surface area contributed by atoms with E-state index in [1.54, 1.807) is 95.8 Å². The number of thiophene rings is 1. The van der Waals surface area contributed by atoms with Crippen LogP contribution in [0.5, 0.6) is 0 Å². The van der Waals surface area contributed by atoms with Crippen molar-refractivity contribution in [2.45, 2.75) is 32.7 Å². The molecular formula is C83H67N23OS+6. The van der Waals surface area contributed by atoms with Gasteiger partial charge in [0.25, 0.3) is 28.8 Å². The fraction of sp³-hybridized carbons (Fsp3) is 0.145. The van der Waals surface area contributed by atoms with Gasteiger partial charge in [-0.05, 0) is 97.1 Å². The standard InChI is InChI=1S/C21H16N5.C16H14N5.C16H15N5.C15H11N4O.C15H11N4S/c1-24-19-18-16(10-6-12-23-18)26(15-8-3-2-4-9-15)21(19)25-13-14-7-5-11-22-17(14)20(24)25;1-19-11-6-4-8-18-13(11)14-16(19)21-9-10-5-3-7-17-12(10)15(21)20(14)2;1-18-12-7-3-4-9-20(12)16-15(18)21-10-11-6-5-8-17-13(11)14(21)19(16)2;2*1-18-13-12-10(5-3-7-17-12)20-15(13)19-8-9-4-2-6-16-11(9)14(18)19/h2-12H,13H2,1H3;3-8H,9H2,1-2H3;3-9H,10H2,1-2H3;2*2-7H,8H2,1H3/q2*+1;+2;2*+1/i1D3;1D3,2D3;2D3;2*1D3. The predicted octanol–water partition coefficient (Wildman–Crippen LogP) is 10.5. The number of benzene rings is 1. The van der Waals surface area contributed by atoms with Crippen LogP contribution in [0.3, 0.4) is 0 Å². The minimum absolute atomic E-state index is 0.285. The molecule has 108 heavy (non-hydrogen) atoms. The Hall–Kier alpha value is -13.8. The number of imidazole rings is 6. The molecule has 21 aromatic rings. The molecule has 26 rings (SSSR count). The van der Waals surface area contributed by atoms with E-state index in [-0.39, 0.29) is 5.52 Å². The van der Waals surface area contributed by atoms with Crippen LogP contribution in [0.2, 0.25) is 0 Å². The first-order chi connectivity index (χ1) is 60.3. The highest BCUT2D eigenvalue weighted by atomic mass is 32.1. The lowest BCUT2D eigenvalue weighted by Gasteiger charge is -2.02. The Labute approximate surface area is 643 Å². The Balaban J connectivity index is 0.0000000935. The van der Waals surface area contributed by atoms with E-state index >= 15 is 0 Å². The second-order valence-corrected chi connectivity index (χ2v) is 27.8. The molecule has 520 valence electrons. The zero-order valence-electron chi connectivity index (χ0n) is 74.9. The minimum Gasteiger partial charge on any atom is -0.417 e. The number of para-hydroxylation sites is 1. The van der Waals surface area contributed by atoms with Crippen molar-refractivity contribution >= 4 is 116 Å². The van der Waals surface area contributed by atoms with Gasteiger partial charge in [-0.15, -0.1) is 0 Å². The van der Waals surface area contributed by atoms with Crippen molar-refractivity contribution in [2.24, 2.45) is 48.9 Å². The molecule has 0 bridgehead atoms. The van der Waals surface area contributed by atoms with E-state index in [4.69, 9.17) is 29.1 Å². The maximum absolute atomic E-state index is 8.29. The molecule has 0 spiro atoms. The lowest BCUT2D eigenvalue weighted by atomic mass is 10.2. The molecule has 0 aliphatic carbocycles. The summed E-state index contributed by atoms with van der Waals surface area (Å²) >= 11 is 1.58. The van der Waals surface area contributed by atoms with Crippen LogP contribution in [-0.4, -0.2) is 81.2 Å². The van der Waals surface area contributed by atoms with Crippen molar-refractivity contribution in [3.63, 3.8) is 0 Å². The number of aryl methyl sites for hydroxylation is 7. The molecule has 0 saturated carbocycles. The van der Waals surface area contributed by atoms with Crippen LogP contribution >= 0.6 is 11.3 Å². The molecule has 0 radical (unpaired) electrons. The normalized spacial score (nSPS) is 16.1. The van der Waals surface area contributed by atoms with Crippen LogP contribution in [0.15, 0.2) is 224 Å². The summed E-state index contributed by atoms with van der Waals surface area (Å²) in [5.74, 6) is 2.81. The molecule has 0 N–H and O–H groups in total. The van der Waals surface area contributed by atoms with Crippen molar-refractivity contribution in [1.29, 1.82) is 0 Å². The molecule has 0 fully saturated rings. The predicted molar refractivity (Wildman–Crippen MR) is 409 cm³/mol. The van der Waals surface area contributed by atoms with Gasteiger partial charge in [0.1, 0.15) is 63.4 Å². The molecule has 5 aliphatic rings. The lowest BCUT2D eigenvalue weighted by molar-refractivity contribution is -0.652. The van der Waals surface area contributed by atoms with E-state index in [1.807, 2.05) is 168 Å². The molecule has 25 heteroatoms. The largest absolute Gasteiger partial charge is 0.417 e. The molecule has 0 unspecified atom stereocenters. The third-order valence-corrected chi connectivity index (χ3v) is 22.1. The lowest BCUT2D eigenvalue weighted by Crippen LogP contribution is -2.33. The first kappa shape index (κ1) is 46.1. The molecule has 20 aromatic heterocycles. The van der Waals surface area contributed by atoms with Gasteiger partial charge in [-0.3, -0.25) is 18.7 Å². The third-order valence-electron chi connectivity index (χ3n) is 21.0. The van der Waals surface area contributed by atoms with Crippen molar-refractivity contribution in [1.82, 2.24) is 81.2 Å². The van der Waals surface area contributed by atoms with E-state index in [2.05, 4.69) is 49.4 Å². The number of hydrogen-bond acceptors (Lipinski definition) is 11. The fourth-order valence-electron chi connectivity index (χ4n) is 16.5. The van der Waals surface area contributed by atoms with E-state index in [9.17, 15) is 0 Å². The van der Waals surface area contributed by atoms with E-state index in [0.717, 1.165) is 82.4 Å². The summed E-state index contributed by atoms with van der Waals surface area (Å²) in [4.78, 5) is 40.7. The Morgan fingerprint density at radius 2 is 0.880 bits per heavy atom. The van der Waals surface area contributed by atoms with Crippen LogP contribution in [-0.2, 0) is 81.6 Å². The van der Waals surface area contributed by atoms with Crippen LogP contribution in [0.4, 0.5) is 0 Å². The van der Waals surface area contributed by atoms with Gasteiger partial charge in [0.15, 0.2) is 22.5 Å². The second-order valence-electron chi connectivity index (χ2n) is 26.7. The highest BCUT2D eigenvalue weighted by Crippen LogP contribution is 2.40. The molecular weight excluding hydrogens is 1370 g/mol. The number of rotatable bonds is 1. The monoisotopic (exact) mass is 1450 g/mol. The topological polar surface area (TPSA) is 191 Å². The van der Waals surface area contributed by atoms with Crippen LogP contribution in [0.25, 0.3) is 168 Å². The summed E-state index contributed by atoms with van der Waals surface area (Å²) in [5, 5.41) is 0. The number of nitrogens with zero attached hydrogens (tertiary/aromatic N) is 23. The van der Waals surface area contributed by atoms with Gasteiger partial charge in [0.05, 0.1) is 104 Å². The summed E-state index contributed by atoms with van der Waals surface area (Å²) in [6.07, 6.45) is 16.9. The smallest absolute Gasteiger partial charge is 0.341 e. The Bertz CT molecular complexity index is 7990. The maximum Gasteiger partial charge on any atom is 0.341 e. The van der Waals surface area contributed by atoms with Gasteiger partial charge in [-0.2, -0.15) is 8.97 Å². The van der Waals surface area contributed by atoms with Gasteiger partial charge < -0.3 is 4.42 Å². The summed E-state index contributed by atoms with van der Waals surface area (Å²) in [6, 6.07) is 49.5. The van der Waals surface area contributed by atoms with Crippen molar-refractivity contribution in [3.05, 3.63) is 248 Å². The fourth-order valence-corrected chi connectivity index (χ4v) is 17.6. The second kappa shape index (κ2) is 23.1. The average Bonchev–Trinajstić information content (AvgIpc) is 1.54. The summed E-state index contributed by atoms with van der Waals surface area (Å²) < 4.78 is 176. The highest BCUT2D eigenvalue weighted by molar-refractivity contribution is 7.25. The SMILES string of the molecule is [2H]C([2H])([2H])[n+]1c2n(c3c1n1ccccc1[n+]3C)Cc1cccnc1-2.[2H]C([2H])([2H])n1c2[n+](c3c1c1ncccc1n3-c1ccccc1)Cc1cccnc1-2.[2H]C([2H])([2H])n1c2[n+](c3c1c1ncccc1n3C([2H])([2H])[2H])Cc1cccnc1-2.[2H]C([2H])([2H])n1c2[n+](c3oc4cccnc4c31)Cc1cccnc1-2.[2H]C([2H])([2H])n1c2[n+](c3sc4cccnc4c31)Cc1cccnc1-2. The number of furan rings is 1. The van der Waals surface area contributed by atoms with E-state index in [0.29, 0.717) is 140 Å². The van der Waals surface area contributed by atoms with Crippen molar-refractivity contribution in [2.75, 3.05) is 0 Å². The number of fused-ring (bicyclic) bond motifs is 35. The van der Waals surface area contributed by atoms with Crippen molar-refractivity contribution in [3.8, 4) is 63.3 Å². The first-order valence-corrected chi connectivity index (χ1v) is 35.4. The van der Waals surface area contributed by atoms with Crippen molar-refractivity contribution < 1.29 is 56.5 Å². The van der Waals surface area contributed by atoms with Crippen LogP contribution in [0.1, 0.15) is 52.5 Å². The number of pyridine rings is 10. The molecule has 24 nitrogen and oxygen atoms in total. The van der Waals surface area contributed by atoms with Gasteiger partial charge in [-0.1, -0.05) is 65.9 Å². The molecule has 0 amide bonds. The third kappa shape index (κ3) is 8.51. The quantitative estimate of drug-likeness (QED) is 0.143. The highest BCUT2D eigenvalue weighted by Gasteiger charge is 2.42. The van der Waals surface area contributed by atoms with E-state index < -0.39 is 41.9 Å². The zero-order chi connectivity index (χ0) is 87.1. The van der Waals surface area contributed by atoms with Gasteiger partial charge in [-0.25, -0.2) is 81.0 Å².